The van der Waals surface area contributed by atoms with E-state index < -0.39 is 6.10 Å². The molecule has 0 bridgehead atoms. The zero-order valence-electron chi connectivity index (χ0n) is 14.6. The quantitative estimate of drug-likeness (QED) is 0.811. The number of anilines is 1. The summed E-state index contributed by atoms with van der Waals surface area (Å²) in [5.41, 5.74) is 1.23. The molecule has 6 heteroatoms. The Balaban J connectivity index is 1.49. The summed E-state index contributed by atoms with van der Waals surface area (Å²) in [7, 11) is 0. The van der Waals surface area contributed by atoms with Gasteiger partial charge in [-0.2, -0.15) is 0 Å². The molecule has 26 heavy (non-hydrogen) atoms. The summed E-state index contributed by atoms with van der Waals surface area (Å²) in [5.74, 6) is 0.326. The number of rotatable bonds is 5. The van der Waals surface area contributed by atoms with Crippen LogP contribution in [-0.2, 0) is 4.79 Å². The van der Waals surface area contributed by atoms with Gasteiger partial charge in [0.05, 0.1) is 5.02 Å². The van der Waals surface area contributed by atoms with Crippen LogP contribution in [-0.4, -0.2) is 31.1 Å². The number of benzene rings is 2. The van der Waals surface area contributed by atoms with E-state index >= 15 is 0 Å². The lowest BCUT2D eigenvalue weighted by molar-refractivity contribution is -0.128. The molecule has 3 rings (SSSR count). The van der Waals surface area contributed by atoms with Crippen molar-refractivity contribution >= 4 is 34.8 Å². The Labute approximate surface area is 164 Å². The largest absolute Gasteiger partial charge is 0.479 e. The number of halogens is 2. The van der Waals surface area contributed by atoms with E-state index in [1.807, 2.05) is 18.2 Å². The summed E-state index contributed by atoms with van der Waals surface area (Å²) in [4.78, 5) is 14.8. The number of piperidine rings is 1. The first-order chi connectivity index (χ1) is 12.5. The Morgan fingerprint density at radius 1 is 1.15 bits per heavy atom. The molecule has 0 saturated carbocycles. The van der Waals surface area contributed by atoms with Crippen molar-refractivity contribution in [1.82, 2.24) is 5.32 Å². The van der Waals surface area contributed by atoms with Crippen LogP contribution in [0.3, 0.4) is 0 Å². The molecule has 2 aromatic carbocycles. The molecule has 0 radical (unpaired) electrons. The SMILES string of the molecule is CC(Oc1ccc(Cl)cc1Cl)C(=O)NC1CCN(c2ccccc2)CC1. The van der Waals surface area contributed by atoms with Crippen molar-refractivity contribution in [2.75, 3.05) is 18.0 Å². The van der Waals surface area contributed by atoms with Crippen molar-refractivity contribution < 1.29 is 9.53 Å². The van der Waals surface area contributed by atoms with E-state index in [9.17, 15) is 4.79 Å². The predicted octanol–water partition coefficient (Wildman–Crippen LogP) is 4.55. The molecule has 1 unspecified atom stereocenters. The lowest BCUT2D eigenvalue weighted by Gasteiger charge is -2.34. The van der Waals surface area contributed by atoms with Gasteiger partial charge in [0.15, 0.2) is 6.10 Å². The summed E-state index contributed by atoms with van der Waals surface area (Å²) in [6.07, 6.45) is 1.20. The van der Waals surface area contributed by atoms with Gasteiger partial charge in [-0.1, -0.05) is 41.4 Å². The van der Waals surface area contributed by atoms with E-state index in [1.165, 1.54) is 5.69 Å². The van der Waals surface area contributed by atoms with Gasteiger partial charge in [-0.25, -0.2) is 0 Å². The second-order valence-corrected chi connectivity index (χ2v) is 7.28. The molecule has 1 aliphatic rings. The van der Waals surface area contributed by atoms with Gasteiger partial charge in [-0.3, -0.25) is 4.79 Å². The van der Waals surface area contributed by atoms with Crippen LogP contribution < -0.4 is 15.0 Å². The maximum Gasteiger partial charge on any atom is 0.260 e. The van der Waals surface area contributed by atoms with Gasteiger partial charge in [0, 0.05) is 29.8 Å². The van der Waals surface area contributed by atoms with Crippen LogP contribution in [0, 0.1) is 0 Å². The lowest BCUT2D eigenvalue weighted by atomic mass is 10.0. The van der Waals surface area contributed by atoms with Gasteiger partial charge < -0.3 is 15.0 Å². The van der Waals surface area contributed by atoms with E-state index in [0.29, 0.717) is 15.8 Å². The molecular formula is C20H22Cl2N2O2. The molecule has 1 saturated heterocycles. The number of hydrogen-bond donors (Lipinski definition) is 1. The number of ether oxygens (including phenoxy) is 1. The molecule has 1 atom stereocenters. The summed E-state index contributed by atoms with van der Waals surface area (Å²) in [5, 5.41) is 4.01. The Hall–Kier alpha value is -1.91. The van der Waals surface area contributed by atoms with Gasteiger partial charge in [0.2, 0.25) is 0 Å². The highest BCUT2D eigenvalue weighted by Gasteiger charge is 2.24. The zero-order valence-corrected chi connectivity index (χ0v) is 16.1. The van der Waals surface area contributed by atoms with Crippen LogP contribution in [0.4, 0.5) is 5.69 Å². The Kier molecular flexibility index (Phi) is 6.28. The second kappa shape index (κ2) is 8.65. The van der Waals surface area contributed by atoms with Crippen molar-refractivity contribution in [3.05, 3.63) is 58.6 Å². The first-order valence-electron chi connectivity index (χ1n) is 8.75. The Morgan fingerprint density at radius 3 is 2.50 bits per heavy atom. The number of para-hydroxylation sites is 1. The minimum absolute atomic E-state index is 0.130. The van der Waals surface area contributed by atoms with Crippen LogP contribution in [0.1, 0.15) is 19.8 Å². The van der Waals surface area contributed by atoms with Gasteiger partial charge in [0.1, 0.15) is 5.75 Å². The maximum atomic E-state index is 12.4. The summed E-state index contributed by atoms with van der Waals surface area (Å²) >= 11 is 12.0. The molecule has 1 heterocycles. The fraction of sp³-hybridized carbons (Fsp3) is 0.350. The molecule has 0 aromatic heterocycles. The monoisotopic (exact) mass is 392 g/mol. The molecule has 0 aliphatic carbocycles. The Bertz CT molecular complexity index is 747. The fourth-order valence-corrected chi connectivity index (χ4v) is 3.51. The third-order valence-corrected chi connectivity index (χ3v) is 5.06. The van der Waals surface area contributed by atoms with Gasteiger partial charge in [-0.15, -0.1) is 0 Å². The number of nitrogens with one attached hydrogen (secondary N) is 1. The summed E-state index contributed by atoms with van der Waals surface area (Å²) < 4.78 is 5.68. The fourth-order valence-electron chi connectivity index (χ4n) is 3.05. The average Bonchev–Trinajstić information content (AvgIpc) is 2.65. The number of hydrogen-bond acceptors (Lipinski definition) is 3. The number of carbonyl (C=O) groups excluding carboxylic acids is 1. The van der Waals surface area contributed by atoms with E-state index in [2.05, 4.69) is 22.3 Å². The summed E-state index contributed by atoms with van der Waals surface area (Å²) in [6, 6.07) is 15.5. The zero-order chi connectivity index (χ0) is 18.5. The highest BCUT2D eigenvalue weighted by molar-refractivity contribution is 6.35. The molecule has 0 spiro atoms. The van der Waals surface area contributed by atoms with E-state index in [0.717, 1.165) is 25.9 Å². The second-order valence-electron chi connectivity index (χ2n) is 6.44. The molecule has 1 fully saturated rings. The number of amides is 1. The third-order valence-electron chi connectivity index (χ3n) is 4.53. The van der Waals surface area contributed by atoms with Crippen LogP contribution in [0.5, 0.6) is 5.75 Å². The molecule has 1 amide bonds. The number of nitrogens with zero attached hydrogens (tertiary/aromatic N) is 1. The van der Waals surface area contributed by atoms with Crippen LogP contribution >= 0.6 is 23.2 Å². The first kappa shape index (κ1) is 18.9. The van der Waals surface area contributed by atoms with Gasteiger partial charge in [-0.05, 0) is 50.1 Å². The Morgan fingerprint density at radius 2 is 1.85 bits per heavy atom. The van der Waals surface area contributed by atoms with Crippen molar-refractivity contribution in [3.8, 4) is 5.75 Å². The maximum absolute atomic E-state index is 12.4. The highest BCUT2D eigenvalue weighted by atomic mass is 35.5. The first-order valence-corrected chi connectivity index (χ1v) is 9.50. The molecular weight excluding hydrogens is 371 g/mol. The average molecular weight is 393 g/mol. The van der Waals surface area contributed by atoms with E-state index in [1.54, 1.807) is 25.1 Å². The van der Waals surface area contributed by atoms with Gasteiger partial charge >= 0.3 is 0 Å². The van der Waals surface area contributed by atoms with Crippen molar-refractivity contribution in [2.24, 2.45) is 0 Å². The molecule has 1 aliphatic heterocycles. The molecule has 1 N–H and O–H groups in total. The molecule has 138 valence electrons. The van der Waals surface area contributed by atoms with Crippen LogP contribution in [0.25, 0.3) is 0 Å². The van der Waals surface area contributed by atoms with Crippen molar-refractivity contribution in [1.29, 1.82) is 0 Å². The van der Waals surface area contributed by atoms with E-state index in [4.69, 9.17) is 27.9 Å². The normalized spacial score (nSPS) is 16.2. The third kappa shape index (κ3) is 4.83. The minimum atomic E-state index is -0.624. The lowest BCUT2D eigenvalue weighted by Crippen LogP contribution is -2.48. The standard InChI is InChI=1S/C20H22Cl2N2O2/c1-14(26-19-8-7-15(21)13-18(19)22)20(25)23-16-9-11-24(12-10-16)17-5-3-2-4-6-17/h2-8,13-14,16H,9-12H2,1H3,(H,23,25). The van der Waals surface area contributed by atoms with Gasteiger partial charge in [0.25, 0.3) is 5.91 Å². The van der Waals surface area contributed by atoms with Crippen LogP contribution in [0.15, 0.2) is 48.5 Å². The molecule has 4 nitrogen and oxygen atoms in total. The summed E-state index contributed by atoms with van der Waals surface area (Å²) in [6.45, 7) is 3.57. The topological polar surface area (TPSA) is 41.6 Å². The minimum Gasteiger partial charge on any atom is -0.479 e. The number of carbonyl (C=O) groups is 1. The molecule has 2 aromatic rings. The van der Waals surface area contributed by atoms with Crippen molar-refractivity contribution in [2.45, 2.75) is 31.9 Å². The predicted molar refractivity (Wildman–Crippen MR) is 106 cm³/mol. The van der Waals surface area contributed by atoms with Crippen molar-refractivity contribution in [3.63, 3.8) is 0 Å². The highest BCUT2D eigenvalue weighted by Crippen LogP contribution is 2.28. The van der Waals surface area contributed by atoms with Crippen LogP contribution in [0.2, 0.25) is 10.0 Å². The van der Waals surface area contributed by atoms with E-state index in [-0.39, 0.29) is 11.9 Å². The smallest absolute Gasteiger partial charge is 0.260 e.